The predicted molar refractivity (Wildman–Crippen MR) is 84.1 cm³/mol. The van der Waals surface area contributed by atoms with E-state index in [-0.39, 0.29) is 30.3 Å². The first-order valence-corrected chi connectivity index (χ1v) is 7.45. The Hall–Kier alpha value is -1.88. The number of carbonyl (C=O) groups excluding carboxylic acids is 2. The highest BCUT2D eigenvalue weighted by molar-refractivity contribution is 6.10. The van der Waals surface area contributed by atoms with Gasteiger partial charge in [-0.15, -0.1) is 0 Å². The molecule has 114 valence electrons. The average molecular weight is 289 g/mol. The first-order chi connectivity index (χ1) is 9.99. The molecule has 0 radical (unpaired) electrons. The van der Waals surface area contributed by atoms with Crippen LogP contribution in [0.2, 0.25) is 0 Å². The molecule has 0 fully saturated rings. The van der Waals surface area contributed by atoms with Crippen molar-refractivity contribution in [2.45, 2.75) is 39.2 Å². The lowest BCUT2D eigenvalue weighted by Gasteiger charge is -2.31. The summed E-state index contributed by atoms with van der Waals surface area (Å²) in [7, 11) is 0. The maximum atomic E-state index is 12.6. The van der Waals surface area contributed by atoms with Gasteiger partial charge < -0.3 is 16.0 Å². The SMILES string of the molecule is CC(N)CCCC(C)C(=O)N1CC(=O)Nc2ccccc21. The molecule has 2 rings (SSSR count). The maximum Gasteiger partial charge on any atom is 0.244 e. The second kappa shape index (κ2) is 6.72. The van der Waals surface area contributed by atoms with Crippen molar-refractivity contribution in [3.05, 3.63) is 24.3 Å². The van der Waals surface area contributed by atoms with Gasteiger partial charge in [-0.25, -0.2) is 0 Å². The molecule has 5 nitrogen and oxygen atoms in total. The number of hydrogen-bond donors (Lipinski definition) is 2. The zero-order valence-electron chi connectivity index (χ0n) is 12.6. The van der Waals surface area contributed by atoms with Crippen molar-refractivity contribution in [3.8, 4) is 0 Å². The van der Waals surface area contributed by atoms with Gasteiger partial charge in [-0.1, -0.05) is 25.5 Å². The lowest BCUT2D eigenvalue weighted by Crippen LogP contribution is -2.44. The van der Waals surface area contributed by atoms with E-state index in [0.717, 1.165) is 24.9 Å². The molecule has 2 unspecified atom stereocenters. The average Bonchev–Trinajstić information content (AvgIpc) is 2.45. The topological polar surface area (TPSA) is 75.4 Å². The van der Waals surface area contributed by atoms with Gasteiger partial charge in [0.1, 0.15) is 6.54 Å². The molecule has 1 aromatic carbocycles. The van der Waals surface area contributed by atoms with Crippen LogP contribution in [-0.4, -0.2) is 24.4 Å². The number of anilines is 2. The van der Waals surface area contributed by atoms with Crippen LogP contribution in [0.4, 0.5) is 11.4 Å². The van der Waals surface area contributed by atoms with Crippen LogP contribution in [0.5, 0.6) is 0 Å². The Morgan fingerprint density at radius 3 is 2.76 bits per heavy atom. The van der Waals surface area contributed by atoms with Crippen LogP contribution in [0.3, 0.4) is 0 Å². The highest BCUT2D eigenvalue weighted by atomic mass is 16.2. The number of fused-ring (bicyclic) bond motifs is 1. The molecule has 1 heterocycles. The van der Waals surface area contributed by atoms with Gasteiger partial charge in [-0.2, -0.15) is 0 Å². The van der Waals surface area contributed by atoms with Gasteiger partial charge in [-0.3, -0.25) is 9.59 Å². The summed E-state index contributed by atoms with van der Waals surface area (Å²) in [5, 5.41) is 2.79. The molecule has 5 heteroatoms. The van der Waals surface area contributed by atoms with Crippen LogP contribution < -0.4 is 16.0 Å². The van der Waals surface area contributed by atoms with Crippen molar-refractivity contribution in [2.75, 3.05) is 16.8 Å². The molecule has 0 saturated carbocycles. The highest BCUT2D eigenvalue weighted by Crippen LogP contribution is 2.30. The number of carbonyl (C=O) groups is 2. The highest BCUT2D eigenvalue weighted by Gasteiger charge is 2.29. The Morgan fingerprint density at radius 1 is 1.33 bits per heavy atom. The zero-order chi connectivity index (χ0) is 15.4. The molecular formula is C16H23N3O2. The number of amides is 2. The number of para-hydroxylation sites is 2. The van der Waals surface area contributed by atoms with Crippen molar-refractivity contribution in [2.24, 2.45) is 11.7 Å². The summed E-state index contributed by atoms with van der Waals surface area (Å²) >= 11 is 0. The molecule has 3 N–H and O–H groups in total. The molecule has 0 spiro atoms. The summed E-state index contributed by atoms with van der Waals surface area (Å²) in [6, 6.07) is 7.56. The van der Waals surface area contributed by atoms with Crippen LogP contribution in [0.15, 0.2) is 24.3 Å². The molecule has 0 aliphatic carbocycles. The first kappa shape index (κ1) is 15.5. The molecule has 21 heavy (non-hydrogen) atoms. The lowest BCUT2D eigenvalue weighted by atomic mass is 10.00. The summed E-state index contributed by atoms with van der Waals surface area (Å²) in [4.78, 5) is 25.9. The molecule has 1 aliphatic rings. The normalized spacial score (nSPS) is 16.9. The summed E-state index contributed by atoms with van der Waals surface area (Å²) < 4.78 is 0. The van der Waals surface area contributed by atoms with Crippen molar-refractivity contribution in [3.63, 3.8) is 0 Å². The molecule has 0 saturated heterocycles. The minimum atomic E-state index is -0.148. The number of hydrogen-bond acceptors (Lipinski definition) is 3. The van der Waals surface area contributed by atoms with Crippen LogP contribution >= 0.6 is 0 Å². The first-order valence-electron chi connectivity index (χ1n) is 7.45. The fraction of sp³-hybridized carbons (Fsp3) is 0.500. The second-order valence-electron chi connectivity index (χ2n) is 5.80. The third-order valence-electron chi connectivity index (χ3n) is 3.75. The number of rotatable bonds is 5. The van der Waals surface area contributed by atoms with E-state index in [1.807, 2.05) is 38.1 Å². The second-order valence-corrected chi connectivity index (χ2v) is 5.80. The standard InChI is InChI=1S/C16H23N3O2/c1-11(6-5-7-12(2)17)16(21)19-10-15(20)18-13-8-3-4-9-14(13)19/h3-4,8-9,11-12H,5-7,10,17H2,1-2H3,(H,18,20). The van der Waals surface area contributed by atoms with Gasteiger partial charge >= 0.3 is 0 Å². The summed E-state index contributed by atoms with van der Waals surface area (Å²) in [6.45, 7) is 3.98. The number of nitrogens with zero attached hydrogens (tertiary/aromatic N) is 1. The minimum Gasteiger partial charge on any atom is -0.328 e. The number of nitrogens with one attached hydrogen (secondary N) is 1. The minimum absolute atomic E-state index is 0.00183. The van der Waals surface area contributed by atoms with E-state index in [2.05, 4.69) is 5.32 Å². The smallest absolute Gasteiger partial charge is 0.244 e. The summed E-state index contributed by atoms with van der Waals surface area (Å²) in [6.07, 6.45) is 2.63. The molecular weight excluding hydrogens is 266 g/mol. The van der Waals surface area contributed by atoms with Gasteiger partial charge in [0.25, 0.3) is 0 Å². The van der Waals surface area contributed by atoms with Crippen LogP contribution in [0, 0.1) is 5.92 Å². The number of nitrogens with two attached hydrogens (primary N) is 1. The van der Waals surface area contributed by atoms with Crippen LogP contribution in [0.25, 0.3) is 0 Å². The van der Waals surface area contributed by atoms with E-state index in [4.69, 9.17) is 5.73 Å². The largest absolute Gasteiger partial charge is 0.328 e. The fourth-order valence-corrected chi connectivity index (χ4v) is 2.57. The van der Waals surface area contributed by atoms with E-state index in [1.165, 1.54) is 0 Å². The monoisotopic (exact) mass is 289 g/mol. The third-order valence-corrected chi connectivity index (χ3v) is 3.75. The summed E-state index contributed by atoms with van der Waals surface area (Å²) in [5.41, 5.74) is 7.21. The predicted octanol–water partition coefficient (Wildman–Crippen LogP) is 2.13. The Balaban J connectivity index is 2.07. The van der Waals surface area contributed by atoms with E-state index >= 15 is 0 Å². The molecule has 1 aromatic rings. The fourth-order valence-electron chi connectivity index (χ4n) is 2.57. The van der Waals surface area contributed by atoms with Crippen molar-refractivity contribution < 1.29 is 9.59 Å². The van der Waals surface area contributed by atoms with E-state index in [1.54, 1.807) is 4.90 Å². The summed E-state index contributed by atoms with van der Waals surface area (Å²) in [5.74, 6) is -0.255. The Bertz CT molecular complexity index is 528. The molecule has 2 atom stereocenters. The van der Waals surface area contributed by atoms with Crippen molar-refractivity contribution in [1.82, 2.24) is 0 Å². The van der Waals surface area contributed by atoms with Gasteiger partial charge in [0.15, 0.2) is 0 Å². The quantitative estimate of drug-likeness (QED) is 0.872. The Morgan fingerprint density at radius 2 is 2.05 bits per heavy atom. The van der Waals surface area contributed by atoms with Crippen LogP contribution in [0.1, 0.15) is 33.1 Å². The van der Waals surface area contributed by atoms with Crippen molar-refractivity contribution >= 4 is 23.2 Å². The molecule has 0 bridgehead atoms. The Kier molecular flexibility index (Phi) is 4.96. The molecule has 2 amide bonds. The molecule has 1 aliphatic heterocycles. The Labute approximate surface area is 125 Å². The van der Waals surface area contributed by atoms with E-state index in [9.17, 15) is 9.59 Å². The maximum absolute atomic E-state index is 12.6. The number of benzene rings is 1. The van der Waals surface area contributed by atoms with Gasteiger partial charge in [0.05, 0.1) is 11.4 Å². The van der Waals surface area contributed by atoms with Gasteiger partial charge in [0, 0.05) is 12.0 Å². The lowest BCUT2D eigenvalue weighted by molar-refractivity contribution is -0.124. The zero-order valence-corrected chi connectivity index (χ0v) is 12.6. The van der Waals surface area contributed by atoms with E-state index < -0.39 is 0 Å². The van der Waals surface area contributed by atoms with E-state index in [0.29, 0.717) is 5.69 Å². The van der Waals surface area contributed by atoms with Crippen molar-refractivity contribution in [1.29, 1.82) is 0 Å². The van der Waals surface area contributed by atoms with Crippen LogP contribution in [-0.2, 0) is 9.59 Å². The third kappa shape index (κ3) is 3.82. The molecule has 0 aromatic heterocycles. The van der Waals surface area contributed by atoms with Gasteiger partial charge in [0.2, 0.25) is 11.8 Å². The van der Waals surface area contributed by atoms with Gasteiger partial charge in [-0.05, 0) is 31.9 Å².